The summed E-state index contributed by atoms with van der Waals surface area (Å²) in [7, 11) is 0. The Hall–Kier alpha value is -1.99. The lowest BCUT2D eigenvalue weighted by Crippen LogP contribution is -2.30. The van der Waals surface area contributed by atoms with Gasteiger partial charge < -0.3 is 10.1 Å². The molecule has 2 aromatic rings. The number of rotatable bonds is 7. The third-order valence-electron chi connectivity index (χ3n) is 4.02. The standard InChI is InChI=1S/C20H20FNO3S2/c21-17-7-1-14(2-8-17)9-10-22-18(23)13-25-19(24)15-3-5-16(6-4-15)20-26-11-12-27-20/h1-8,20H,9-13H2,(H,22,23). The molecule has 4 nitrogen and oxygen atoms in total. The molecule has 0 saturated carbocycles. The number of ether oxygens (including phenoxy) is 1. The summed E-state index contributed by atoms with van der Waals surface area (Å²) >= 11 is 3.81. The van der Waals surface area contributed by atoms with E-state index in [1.807, 2.05) is 35.7 Å². The molecule has 7 heteroatoms. The Bertz CT molecular complexity index is 775. The number of benzene rings is 2. The molecule has 3 rings (SSSR count). The zero-order valence-electron chi connectivity index (χ0n) is 14.7. The molecule has 1 fully saturated rings. The van der Waals surface area contributed by atoms with Crippen molar-refractivity contribution in [2.45, 2.75) is 11.0 Å². The highest BCUT2D eigenvalue weighted by molar-refractivity contribution is 8.19. The Morgan fingerprint density at radius 3 is 2.37 bits per heavy atom. The van der Waals surface area contributed by atoms with Crippen molar-refractivity contribution in [1.29, 1.82) is 0 Å². The molecule has 27 heavy (non-hydrogen) atoms. The second-order valence-corrected chi connectivity index (χ2v) is 8.72. The van der Waals surface area contributed by atoms with Gasteiger partial charge in [-0.25, -0.2) is 9.18 Å². The normalized spacial score (nSPS) is 14.1. The average molecular weight is 406 g/mol. The van der Waals surface area contributed by atoms with Crippen molar-refractivity contribution in [1.82, 2.24) is 5.32 Å². The molecule has 1 heterocycles. The number of hydrogen-bond donors (Lipinski definition) is 1. The van der Waals surface area contributed by atoms with Gasteiger partial charge in [0.25, 0.3) is 5.91 Å². The van der Waals surface area contributed by atoms with Crippen molar-refractivity contribution in [3.8, 4) is 0 Å². The molecule has 142 valence electrons. The predicted octanol–water partition coefficient (Wildman–Crippen LogP) is 3.82. The van der Waals surface area contributed by atoms with E-state index in [0.29, 0.717) is 23.1 Å². The molecule has 0 unspecified atom stereocenters. The third kappa shape index (κ3) is 6.01. The van der Waals surface area contributed by atoms with E-state index in [4.69, 9.17) is 4.74 Å². The number of carbonyl (C=O) groups is 2. The maximum atomic E-state index is 12.8. The molecule has 1 aliphatic heterocycles. The number of thioether (sulfide) groups is 2. The predicted molar refractivity (Wildman–Crippen MR) is 107 cm³/mol. The van der Waals surface area contributed by atoms with E-state index in [0.717, 1.165) is 17.1 Å². The Labute approximate surface area is 166 Å². The molecule has 0 aromatic heterocycles. The minimum Gasteiger partial charge on any atom is -0.452 e. The fourth-order valence-electron chi connectivity index (χ4n) is 2.59. The first-order valence-corrected chi connectivity index (χ1v) is 10.7. The Morgan fingerprint density at radius 1 is 1.04 bits per heavy atom. The van der Waals surface area contributed by atoms with Crippen molar-refractivity contribution >= 4 is 35.4 Å². The van der Waals surface area contributed by atoms with Gasteiger partial charge in [-0.2, -0.15) is 0 Å². The van der Waals surface area contributed by atoms with E-state index in [9.17, 15) is 14.0 Å². The number of hydrogen-bond acceptors (Lipinski definition) is 5. The number of amides is 1. The monoisotopic (exact) mass is 405 g/mol. The van der Waals surface area contributed by atoms with E-state index in [1.165, 1.54) is 17.7 Å². The third-order valence-corrected chi connectivity index (χ3v) is 7.13. The van der Waals surface area contributed by atoms with Crippen LogP contribution in [-0.2, 0) is 16.0 Å². The summed E-state index contributed by atoms with van der Waals surface area (Å²) in [6.45, 7) is 0.0752. The van der Waals surface area contributed by atoms with Crippen molar-refractivity contribution in [2.24, 2.45) is 0 Å². The lowest BCUT2D eigenvalue weighted by atomic mass is 10.1. The summed E-state index contributed by atoms with van der Waals surface area (Å²) in [5.74, 6) is 1.14. The van der Waals surface area contributed by atoms with Crippen LogP contribution in [0.1, 0.15) is 26.1 Å². The van der Waals surface area contributed by atoms with Gasteiger partial charge in [0.15, 0.2) is 6.61 Å². The molecule has 0 bridgehead atoms. The van der Waals surface area contributed by atoms with Crippen molar-refractivity contribution < 1.29 is 18.7 Å². The molecule has 1 aliphatic rings. The molecule has 1 N–H and O–H groups in total. The summed E-state index contributed by atoms with van der Waals surface area (Å²) in [6, 6.07) is 13.5. The topological polar surface area (TPSA) is 55.4 Å². The van der Waals surface area contributed by atoms with Crippen LogP contribution < -0.4 is 5.32 Å². The number of halogens is 1. The van der Waals surface area contributed by atoms with Crippen LogP contribution >= 0.6 is 23.5 Å². The molecular weight excluding hydrogens is 385 g/mol. The summed E-state index contributed by atoms with van der Waals surface area (Å²) < 4.78 is 18.3. The van der Waals surface area contributed by atoms with E-state index < -0.39 is 5.97 Å². The van der Waals surface area contributed by atoms with Crippen LogP contribution in [-0.4, -0.2) is 36.5 Å². The molecule has 1 amide bonds. The van der Waals surface area contributed by atoms with Gasteiger partial charge in [0.2, 0.25) is 0 Å². The first-order chi connectivity index (χ1) is 13.1. The largest absolute Gasteiger partial charge is 0.452 e. The Morgan fingerprint density at radius 2 is 1.70 bits per heavy atom. The summed E-state index contributed by atoms with van der Waals surface area (Å²) in [5, 5.41) is 2.68. The average Bonchev–Trinajstić information content (AvgIpc) is 3.22. The SMILES string of the molecule is O=C(COC(=O)c1ccc(C2SCCS2)cc1)NCCc1ccc(F)cc1. The van der Waals surface area contributed by atoms with Crippen LogP contribution in [0, 0.1) is 5.82 Å². The molecule has 0 spiro atoms. The van der Waals surface area contributed by atoms with Gasteiger partial charge in [-0.3, -0.25) is 4.79 Å². The zero-order valence-corrected chi connectivity index (χ0v) is 16.3. The second-order valence-electron chi connectivity index (χ2n) is 6.00. The van der Waals surface area contributed by atoms with Gasteiger partial charge in [-0.05, 0) is 41.8 Å². The molecule has 0 radical (unpaired) electrons. The highest BCUT2D eigenvalue weighted by Gasteiger charge is 2.18. The lowest BCUT2D eigenvalue weighted by molar-refractivity contribution is -0.124. The Balaban J connectivity index is 1.39. The fraction of sp³-hybridized carbons (Fsp3) is 0.300. The highest BCUT2D eigenvalue weighted by Crippen LogP contribution is 2.45. The van der Waals surface area contributed by atoms with Gasteiger partial charge in [0.05, 0.1) is 10.1 Å². The number of nitrogens with one attached hydrogen (secondary N) is 1. The zero-order chi connectivity index (χ0) is 19.1. The van der Waals surface area contributed by atoms with Crippen LogP contribution in [0.2, 0.25) is 0 Å². The molecular formula is C20H20FNO3S2. The summed E-state index contributed by atoms with van der Waals surface area (Å²) in [4.78, 5) is 23.9. The second kappa shape index (κ2) is 9.80. The smallest absolute Gasteiger partial charge is 0.338 e. The first-order valence-electron chi connectivity index (χ1n) is 8.63. The minimum atomic E-state index is -0.512. The van der Waals surface area contributed by atoms with Gasteiger partial charge in [-0.15, -0.1) is 23.5 Å². The van der Waals surface area contributed by atoms with E-state index in [-0.39, 0.29) is 18.3 Å². The van der Waals surface area contributed by atoms with E-state index in [2.05, 4.69) is 5.32 Å². The number of esters is 1. The molecule has 1 saturated heterocycles. The van der Waals surface area contributed by atoms with Crippen LogP contribution in [0.4, 0.5) is 4.39 Å². The molecule has 2 aromatic carbocycles. The summed E-state index contributed by atoms with van der Waals surface area (Å²) in [5.41, 5.74) is 2.55. The molecule has 0 aliphatic carbocycles. The number of carbonyl (C=O) groups excluding carboxylic acids is 2. The van der Waals surface area contributed by atoms with Gasteiger partial charge in [0.1, 0.15) is 5.82 Å². The van der Waals surface area contributed by atoms with Crippen LogP contribution in [0.25, 0.3) is 0 Å². The molecule has 0 atom stereocenters. The van der Waals surface area contributed by atoms with Gasteiger partial charge in [0, 0.05) is 18.1 Å². The van der Waals surface area contributed by atoms with Gasteiger partial charge >= 0.3 is 5.97 Å². The summed E-state index contributed by atoms with van der Waals surface area (Å²) in [6.07, 6.45) is 0.582. The van der Waals surface area contributed by atoms with Crippen LogP contribution in [0.5, 0.6) is 0 Å². The lowest BCUT2D eigenvalue weighted by Gasteiger charge is -2.09. The Kier molecular flexibility index (Phi) is 7.18. The van der Waals surface area contributed by atoms with Crippen molar-refractivity contribution in [3.05, 3.63) is 71.0 Å². The van der Waals surface area contributed by atoms with Crippen LogP contribution in [0.3, 0.4) is 0 Å². The first kappa shape index (κ1) is 19.8. The maximum absolute atomic E-state index is 12.8. The fourth-order valence-corrected chi connectivity index (χ4v) is 5.45. The van der Waals surface area contributed by atoms with Crippen molar-refractivity contribution in [3.63, 3.8) is 0 Å². The van der Waals surface area contributed by atoms with E-state index >= 15 is 0 Å². The van der Waals surface area contributed by atoms with Gasteiger partial charge in [-0.1, -0.05) is 24.3 Å². The maximum Gasteiger partial charge on any atom is 0.338 e. The van der Waals surface area contributed by atoms with Crippen LogP contribution in [0.15, 0.2) is 48.5 Å². The quantitative estimate of drug-likeness (QED) is 0.710. The van der Waals surface area contributed by atoms with Crippen molar-refractivity contribution in [2.75, 3.05) is 24.7 Å². The van der Waals surface area contributed by atoms with E-state index in [1.54, 1.807) is 24.3 Å². The highest BCUT2D eigenvalue weighted by atomic mass is 32.2. The minimum absolute atomic E-state index is 0.288.